The second kappa shape index (κ2) is 8.01. The van der Waals surface area contributed by atoms with Crippen molar-refractivity contribution in [2.45, 2.75) is 44.2 Å². The number of piperidine rings is 1. The Morgan fingerprint density at radius 1 is 1.12 bits per heavy atom. The lowest BCUT2D eigenvalue weighted by Gasteiger charge is -2.33. The summed E-state index contributed by atoms with van der Waals surface area (Å²) in [7, 11) is -3.05. The van der Waals surface area contributed by atoms with Crippen molar-refractivity contribution in [2.24, 2.45) is 5.92 Å². The highest BCUT2D eigenvalue weighted by molar-refractivity contribution is 7.91. The van der Waals surface area contributed by atoms with Gasteiger partial charge in [-0.1, -0.05) is 0 Å². The van der Waals surface area contributed by atoms with Crippen LogP contribution < -0.4 is 10.6 Å². The lowest BCUT2D eigenvalue weighted by atomic mass is 9.90. The molecule has 3 aliphatic heterocycles. The molecule has 3 saturated heterocycles. The van der Waals surface area contributed by atoms with Crippen LogP contribution in [0.15, 0.2) is 0 Å². The highest BCUT2D eigenvalue weighted by atomic mass is 32.2. The number of amides is 3. The van der Waals surface area contributed by atoms with E-state index in [2.05, 4.69) is 10.6 Å². The van der Waals surface area contributed by atoms with Crippen LogP contribution in [-0.4, -0.2) is 75.1 Å². The highest BCUT2D eigenvalue weighted by Gasteiger charge is 2.31. The molecule has 3 amide bonds. The molecule has 2 unspecified atom stereocenters. The average Bonchev–Trinajstić information content (AvgIpc) is 3.17. The molecular formula is C16H27N3O5S. The summed E-state index contributed by atoms with van der Waals surface area (Å²) in [4.78, 5) is 25.9. The van der Waals surface area contributed by atoms with E-state index < -0.39 is 21.9 Å². The van der Waals surface area contributed by atoms with Gasteiger partial charge in [0, 0.05) is 12.6 Å². The fourth-order valence-electron chi connectivity index (χ4n) is 3.96. The maximum Gasteiger partial charge on any atom is 0.321 e. The van der Waals surface area contributed by atoms with E-state index in [9.17, 15) is 18.0 Å². The minimum Gasteiger partial charge on any atom is -0.378 e. The van der Waals surface area contributed by atoms with Gasteiger partial charge in [-0.05, 0) is 51.1 Å². The first-order valence-electron chi connectivity index (χ1n) is 9.06. The summed E-state index contributed by atoms with van der Waals surface area (Å²) in [5.41, 5.74) is 0. The zero-order chi connectivity index (χ0) is 17.9. The summed E-state index contributed by atoms with van der Waals surface area (Å²) < 4.78 is 28.5. The predicted molar refractivity (Wildman–Crippen MR) is 91.9 cm³/mol. The number of imide groups is 1. The first kappa shape index (κ1) is 18.6. The Morgan fingerprint density at radius 3 is 2.48 bits per heavy atom. The van der Waals surface area contributed by atoms with Gasteiger partial charge in [0.1, 0.15) is 0 Å². The van der Waals surface area contributed by atoms with Gasteiger partial charge >= 0.3 is 6.03 Å². The van der Waals surface area contributed by atoms with Gasteiger partial charge in [-0.15, -0.1) is 0 Å². The number of nitrogens with one attached hydrogen (secondary N) is 2. The van der Waals surface area contributed by atoms with Crippen molar-refractivity contribution < 1.29 is 22.7 Å². The van der Waals surface area contributed by atoms with Crippen molar-refractivity contribution in [3.63, 3.8) is 0 Å². The fraction of sp³-hybridized carbons (Fsp3) is 0.875. The van der Waals surface area contributed by atoms with E-state index in [1.165, 1.54) is 0 Å². The average molecular weight is 373 g/mol. The van der Waals surface area contributed by atoms with Crippen molar-refractivity contribution in [3.05, 3.63) is 0 Å². The molecule has 2 atom stereocenters. The lowest BCUT2D eigenvalue weighted by Crippen LogP contribution is -2.49. The maximum atomic E-state index is 12.0. The maximum absolute atomic E-state index is 12.0. The van der Waals surface area contributed by atoms with E-state index in [0.29, 0.717) is 18.4 Å². The smallest absolute Gasteiger partial charge is 0.321 e. The number of carbonyl (C=O) groups excluding carboxylic acids is 2. The SMILES string of the molecule is O=C(CN1CCC(C2CCCO2)CC1)NC(=O)NC1CCS(=O)(=O)C1. The zero-order valence-electron chi connectivity index (χ0n) is 14.4. The molecule has 0 aromatic rings. The standard InChI is InChI=1S/C16H27N3O5S/c20-15(18-16(21)17-13-5-9-25(22,23)11-13)10-19-6-3-12(4-7-19)14-2-1-8-24-14/h12-14H,1-11H2,(H2,17,18,20,21). The Kier molecular flexibility index (Phi) is 5.96. The molecule has 0 radical (unpaired) electrons. The van der Waals surface area contributed by atoms with Crippen LogP contribution in [0.3, 0.4) is 0 Å². The van der Waals surface area contributed by atoms with Crippen LogP contribution in [0.1, 0.15) is 32.1 Å². The monoisotopic (exact) mass is 373 g/mol. The molecule has 9 heteroatoms. The fourth-order valence-corrected chi connectivity index (χ4v) is 5.63. The molecule has 3 aliphatic rings. The van der Waals surface area contributed by atoms with Crippen molar-refractivity contribution in [1.29, 1.82) is 0 Å². The summed E-state index contributed by atoms with van der Waals surface area (Å²) in [5, 5.41) is 4.86. The van der Waals surface area contributed by atoms with Gasteiger partial charge in [0.15, 0.2) is 9.84 Å². The van der Waals surface area contributed by atoms with Crippen molar-refractivity contribution in [1.82, 2.24) is 15.5 Å². The minimum atomic E-state index is -3.05. The Morgan fingerprint density at radius 2 is 1.88 bits per heavy atom. The van der Waals surface area contributed by atoms with E-state index in [1.807, 2.05) is 4.90 Å². The molecule has 0 spiro atoms. The number of hydrogen-bond donors (Lipinski definition) is 2. The highest BCUT2D eigenvalue weighted by Crippen LogP contribution is 2.28. The van der Waals surface area contributed by atoms with Crippen LogP contribution in [0, 0.1) is 5.92 Å². The number of ether oxygens (including phenoxy) is 1. The Bertz CT molecular complexity index is 595. The number of urea groups is 1. The van der Waals surface area contributed by atoms with Gasteiger partial charge in [-0.25, -0.2) is 13.2 Å². The third-order valence-electron chi connectivity index (χ3n) is 5.31. The first-order chi connectivity index (χ1) is 11.9. The van der Waals surface area contributed by atoms with Crippen LogP contribution in [0.4, 0.5) is 4.79 Å². The number of likely N-dealkylation sites (tertiary alicyclic amines) is 1. The first-order valence-corrected chi connectivity index (χ1v) is 10.9. The second-order valence-corrected chi connectivity index (χ2v) is 9.52. The Labute approximate surface area is 148 Å². The minimum absolute atomic E-state index is 0.0502. The summed E-state index contributed by atoms with van der Waals surface area (Å²) in [6, 6.07) is -1.01. The molecule has 3 fully saturated rings. The number of nitrogens with zero attached hydrogens (tertiary/aromatic N) is 1. The van der Waals surface area contributed by atoms with Crippen molar-refractivity contribution >= 4 is 21.8 Å². The third-order valence-corrected chi connectivity index (χ3v) is 7.08. The number of rotatable bonds is 4. The third kappa shape index (κ3) is 5.39. The second-order valence-electron chi connectivity index (χ2n) is 7.29. The molecule has 0 aromatic heterocycles. The van der Waals surface area contributed by atoms with Crippen LogP contribution in [0.2, 0.25) is 0 Å². The summed E-state index contributed by atoms with van der Waals surface area (Å²) in [5.74, 6) is 0.264. The number of hydrogen-bond acceptors (Lipinski definition) is 6. The van der Waals surface area contributed by atoms with Crippen LogP contribution in [-0.2, 0) is 19.4 Å². The molecule has 25 heavy (non-hydrogen) atoms. The predicted octanol–water partition coefficient (Wildman–Crippen LogP) is -0.110. The number of sulfone groups is 1. The largest absolute Gasteiger partial charge is 0.378 e. The molecule has 0 aliphatic carbocycles. The molecule has 2 N–H and O–H groups in total. The van der Waals surface area contributed by atoms with Gasteiger partial charge in [0.2, 0.25) is 5.91 Å². The summed E-state index contributed by atoms with van der Waals surface area (Å²) in [6.07, 6.45) is 5.10. The molecule has 8 nitrogen and oxygen atoms in total. The topological polar surface area (TPSA) is 105 Å². The van der Waals surface area contributed by atoms with Gasteiger partial charge < -0.3 is 10.1 Å². The number of carbonyl (C=O) groups is 2. The van der Waals surface area contributed by atoms with E-state index in [-0.39, 0.29) is 24.0 Å². The van der Waals surface area contributed by atoms with Crippen LogP contribution in [0.25, 0.3) is 0 Å². The molecule has 142 valence electrons. The molecule has 0 saturated carbocycles. The van der Waals surface area contributed by atoms with Crippen LogP contribution >= 0.6 is 0 Å². The molecule has 0 bridgehead atoms. The summed E-state index contributed by atoms with van der Waals surface area (Å²) in [6.45, 7) is 2.72. The van der Waals surface area contributed by atoms with Crippen molar-refractivity contribution in [2.75, 3.05) is 37.7 Å². The quantitative estimate of drug-likeness (QED) is 0.712. The molecule has 3 heterocycles. The van der Waals surface area contributed by atoms with E-state index >= 15 is 0 Å². The normalized spacial score (nSPS) is 30.2. The van der Waals surface area contributed by atoms with E-state index in [0.717, 1.165) is 45.4 Å². The van der Waals surface area contributed by atoms with Gasteiger partial charge in [0.25, 0.3) is 0 Å². The van der Waals surface area contributed by atoms with E-state index in [1.54, 1.807) is 0 Å². The molecular weight excluding hydrogens is 346 g/mol. The lowest BCUT2D eigenvalue weighted by molar-refractivity contribution is -0.121. The van der Waals surface area contributed by atoms with Gasteiger partial charge in [0.05, 0.1) is 24.2 Å². The Balaban J connectivity index is 1.34. The van der Waals surface area contributed by atoms with Gasteiger partial charge in [-0.2, -0.15) is 0 Å². The Hall–Kier alpha value is -1.19. The molecule has 0 aromatic carbocycles. The van der Waals surface area contributed by atoms with E-state index in [4.69, 9.17) is 4.74 Å². The molecule has 3 rings (SSSR count). The zero-order valence-corrected chi connectivity index (χ0v) is 15.2. The van der Waals surface area contributed by atoms with Crippen molar-refractivity contribution in [3.8, 4) is 0 Å². The van der Waals surface area contributed by atoms with Gasteiger partial charge in [-0.3, -0.25) is 15.0 Å². The van der Waals surface area contributed by atoms with Crippen LogP contribution in [0.5, 0.6) is 0 Å². The summed E-state index contributed by atoms with van der Waals surface area (Å²) >= 11 is 0.